The van der Waals surface area contributed by atoms with Crippen molar-refractivity contribution < 1.29 is 16.8 Å². The quantitative estimate of drug-likeness (QED) is 0.533. The zero-order valence-corrected chi connectivity index (χ0v) is 8.12. The molecule has 56 valence electrons. The molecule has 8 heteroatoms. The Kier molecular flexibility index (Phi) is 2.86. The van der Waals surface area contributed by atoms with Crippen LogP contribution in [0.4, 0.5) is 0 Å². The largest absolute Gasteiger partial charge is 0.278 e. The fraction of sp³-hybridized carbons (Fsp3) is 1.00. The Morgan fingerprint density at radius 3 is 1.56 bits per heavy atom. The smallest absolute Gasteiger partial charge is 0.212 e. The SMILES string of the molecule is CS(=O)(=O)NS(=O)(=O)I. The summed E-state index contributed by atoms with van der Waals surface area (Å²) in [5.41, 5.74) is 0. The van der Waals surface area contributed by atoms with Gasteiger partial charge >= 0.3 is 0 Å². The third kappa shape index (κ3) is 8.59. The molecule has 0 rings (SSSR count). The molecular weight excluding hydrogens is 281 g/mol. The van der Waals surface area contributed by atoms with Crippen LogP contribution in [0.2, 0.25) is 0 Å². The molecule has 0 atom stereocenters. The summed E-state index contributed by atoms with van der Waals surface area (Å²) < 4.78 is 42.0. The third-order valence-corrected chi connectivity index (χ3v) is 3.88. The molecular formula is CH4INO4S2. The van der Waals surface area contributed by atoms with E-state index >= 15 is 0 Å². The van der Waals surface area contributed by atoms with Crippen molar-refractivity contribution in [1.29, 1.82) is 0 Å². The van der Waals surface area contributed by atoms with Gasteiger partial charge in [-0.15, -0.1) is 4.13 Å². The summed E-state index contributed by atoms with van der Waals surface area (Å²) >= 11 is 0.984. The second kappa shape index (κ2) is 2.68. The van der Waals surface area contributed by atoms with Gasteiger partial charge in [0.2, 0.25) is 10.0 Å². The van der Waals surface area contributed by atoms with Crippen LogP contribution in [-0.4, -0.2) is 23.1 Å². The molecule has 0 aromatic carbocycles. The molecule has 0 aliphatic heterocycles. The Hall–Kier alpha value is 0.590. The monoisotopic (exact) mass is 285 g/mol. The highest BCUT2D eigenvalue weighted by atomic mass is 127. The number of hydrogen-bond donors (Lipinski definition) is 1. The molecule has 0 spiro atoms. The molecule has 0 aromatic rings. The van der Waals surface area contributed by atoms with Crippen LogP contribution in [0.15, 0.2) is 0 Å². The van der Waals surface area contributed by atoms with Gasteiger partial charge in [0.25, 0.3) is 7.19 Å². The number of nitrogens with one attached hydrogen (secondary N) is 1. The lowest BCUT2D eigenvalue weighted by Crippen LogP contribution is -2.24. The molecule has 0 unspecified atom stereocenters. The zero-order valence-electron chi connectivity index (χ0n) is 4.33. The third-order valence-electron chi connectivity index (χ3n) is 0.251. The van der Waals surface area contributed by atoms with Gasteiger partial charge in [0, 0.05) is 0 Å². The van der Waals surface area contributed by atoms with Gasteiger partial charge < -0.3 is 0 Å². The first kappa shape index (κ1) is 9.59. The Morgan fingerprint density at radius 1 is 1.22 bits per heavy atom. The lowest BCUT2D eigenvalue weighted by atomic mass is 12.0. The summed E-state index contributed by atoms with van der Waals surface area (Å²) in [5, 5.41) is 0. The molecule has 0 fully saturated rings. The highest BCUT2D eigenvalue weighted by molar-refractivity contribution is 14.2. The van der Waals surface area contributed by atoms with Gasteiger partial charge in [-0.1, -0.05) is 0 Å². The Labute approximate surface area is 65.5 Å². The van der Waals surface area contributed by atoms with E-state index in [-0.39, 0.29) is 0 Å². The van der Waals surface area contributed by atoms with Crippen molar-refractivity contribution in [3.8, 4) is 0 Å². The van der Waals surface area contributed by atoms with Crippen LogP contribution in [0.5, 0.6) is 0 Å². The van der Waals surface area contributed by atoms with E-state index in [9.17, 15) is 16.8 Å². The maximum absolute atomic E-state index is 10.2. The first-order valence-corrected chi connectivity index (χ1v) is 7.55. The van der Waals surface area contributed by atoms with Crippen molar-refractivity contribution in [2.75, 3.05) is 6.26 Å². The molecule has 0 aromatic heterocycles. The Bertz CT molecular complexity index is 244. The number of sulfonamides is 1. The van der Waals surface area contributed by atoms with E-state index in [0.717, 1.165) is 27.5 Å². The summed E-state index contributed by atoms with van der Waals surface area (Å²) in [5.74, 6) is 0. The van der Waals surface area contributed by atoms with Gasteiger partial charge in [0.15, 0.2) is 0 Å². The Balaban J connectivity index is 4.46. The van der Waals surface area contributed by atoms with Crippen molar-refractivity contribution in [2.24, 2.45) is 0 Å². The van der Waals surface area contributed by atoms with Crippen LogP contribution in [0.3, 0.4) is 0 Å². The van der Waals surface area contributed by atoms with Crippen LogP contribution in [0.1, 0.15) is 0 Å². The van der Waals surface area contributed by atoms with Crippen LogP contribution < -0.4 is 4.13 Å². The summed E-state index contributed by atoms with van der Waals surface area (Å²) in [6.45, 7) is 0. The molecule has 0 radical (unpaired) electrons. The van der Waals surface area contributed by atoms with E-state index in [2.05, 4.69) is 0 Å². The number of rotatable bonds is 2. The molecule has 0 amide bonds. The van der Waals surface area contributed by atoms with Gasteiger partial charge in [-0.2, -0.15) is 0 Å². The van der Waals surface area contributed by atoms with E-state index < -0.39 is 17.2 Å². The van der Waals surface area contributed by atoms with E-state index in [1.165, 1.54) is 4.13 Å². The van der Waals surface area contributed by atoms with Crippen LogP contribution >= 0.6 is 21.2 Å². The van der Waals surface area contributed by atoms with E-state index in [1.54, 1.807) is 0 Å². The first-order chi connectivity index (χ1) is 3.71. The molecule has 0 heterocycles. The predicted octanol–water partition coefficient (Wildman–Crippen LogP) is -0.785. The maximum Gasteiger partial charge on any atom is 0.278 e. The number of hydrogen-bond acceptors (Lipinski definition) is 4. The second-order valence-electron chi connectivity index (χ2n) is 1.29. The average Bonchev–Trinajstić information content (AvgIpc) is 1.14. The van der Waals surface area contributed by atoms with Crippen molar-refractivity contribution in [1.82, 2.24) is 4.13 Å². The maximum atomic E-state index is 10.2. The van der Waals surface area contributed by atoms with Crippen LogP contribution in [0.25, 0.3) is 0 Å². The van der Waals surface area contributed by atoms with Gasteiger partial charge in [0.1, 0.15) is 0 Å². The van der Waals surface area contributed by atoms with Gasteiger partial charge in [-0.05, 0) is 0 Å². The van der Waals surface area contributed by atoms with Crippen LogP contribution in [0, 0.1) is 0 Å². The van der Waals surface area contributed by atoms with Crippen LogP contribution in [-0.2, 0) is 17.2 Å². The lowest BCUT2D eigenvalue weighted by molar-refractivity contribution is 0.589. The van der Waals surface area contributed by atoms with Crippen molar-refractivity contribution in [2.45, 2.75) is 0 Å². The van der Waals surface area contributed by atoms with Crippen molar-refractivity contribution in [3.05, 3.63) is 0 Å². The van der Waals surface area contributed by atoms with Gasteiger partial charge in [0.05, 0.1) is 27.5 Å². The molecule has 0 aliphatic carbocycles. The highest BCUT2D eigenvalue weighted by Gasteiger charge is 2.10. The summed E-state index contributed by atoms with van der Waals surface area (Å²) in [6.07, 6.45) is 0.767. The molecule has 5 nitrogen and oxygen atoms in total. The van der Waals surface area contributed by atoms with E-state index in [4.69, 9.17) is 0 Å². The minimum absolute atomic E-state index is 0.767. The van der Waals surface area contributed by atoms with Gasteiger partial charge in [-0.3, -0.25) is 0 Å². The summed E-state index contributed by atoms with van der Waals surface area (Å²) in [7, 11) is -7.28. The molecule has 0 saturated heterocycles. The normalized spacial score (nSPS) is 13.6. The standard InChI is InChI=1S/CH4INO4S2/c1-8(4,5)3-9(2,6)7/h3H,1H3. The number of halogens is 1. The molecule has 9 heavy (non-hydrogen) atoms. The van der Waals surface area contributed by atoms with E-state index in [0.29, 0.717) is 0 Å². The Morgan fingerprint density at radius 2 is 1.56 bits per heavy atom. The summed E-state index contributed by atoms with van der Waals surface area (Å²) in [4.78, 5) is 0. The second-order valence-corrected chi connectivity index (χ2v) is 7.86. The molecule has 1 N–H and O–H groups in total. The summed E-state index contributed by atoms with van der Waals surface area (Å²) in [6, 6.07) is 0. The zero-order chi connectivity index (χ0) is 7.71. The predicted molar refractivity (Wildman–Crippen MR) is 40.9 cm³/mol. The highest BCUT2D eigenvalue weighted by Crippen LogP contribution is 1.96. The van der Waals surface area contributed by atoms with Crippen molar-refractivity contribution >= 4 is 38.4 Å². The minimum Gasteiger partial charge on any atom is -0.212 e. The molecule has 0 bridgehead atoms. The minimum atomic E-state index is -3.65. The molecule has 0 saturated carbocycles. The van der Waals surface area contributed by atoms with Gasteiger partial charge in [-0.25, -0.2) is 16.8 Å². The topological polar surface area (TPSA) is 80.3 Å². The average molecular weight is 285 g/mol. The van der Waals surface area contributed by atoms with E-state index in [1.807, 2.05) is 0 Å². The first-order valence-electron chi connectivity index (χ1n) is 1.64. The fourth-order valence-corrected chi connectivity index (χ4v) is 4.57. The van der Waals surface area contributed by atoms with Crippen molar-refractivity contribution in [3.63, 3.8) is 0 Å². The molecule has 0 aliphatic rings. The lowest BCUT2D eigenvalue weighted by Gasteiger charge is -1.93. The fourth-order valence-electron chi connectivity index (χ4n) is 0.181.